The van der Waals surface area contributed by atoms with Gasteiger partial charge in [-0.25, -0.2) is 4.79 Å². The summed E-state index contributed by atoms with van der Waals surface area (Å²) >= 11 is 0. The van der Waals surface area contributed by atoms with Crippen LogP contribution in [0.2, 0.25) is 0 Å². The third-order valence-corrected chi connectivity index (χ3v) is 6.38. The van der Waals surface area contributed by atoms with E-state index in [4.69, 9.17) is 4.74 Å². The van der Waals surface area contributed by atoms with Crippen molar-refractivity contribution in [2.24, 2.45) is 0 Å². The first-order valence-corrected chi connectivity index (χ1v) is 11.6. The van der Waals surface area contributed by atoms with Crippen molar-refractivity contribution < 1.29 is 14.6 Å². The second-order valence-electron chi connectivity index (χ2n) is 8.72. The van der Waals surface area contributed by atoms with Gasteiger partial charge in [0.05, 0.1) is 5.56 Å². The molecule has 1 aliphatic carbocycles. The maximum absolute atomic E-state index is 11.7. The summed E-state index contributed by atoms with van der Waals surface area (Å²) in [5, 5.41) is 15.5. The van der Waals surface area contributed by atoms with Gasteiger partial charge in [0.25, 0.3) is 0 Å². The van der Waals surface area contributed by atoms with Crippen LogP contribution in [0.25, 0.3) is 16.8 Å². The Hall–Kier alpha value is -3.89. The fourth-order valence-corrected chi connectivity index (χ4v) is 4.65. The highest BCUT2D eigenvalue weighted by atomic mass is 16.5. The first-order valence-electron chi connectivity index (χ1n) is 11.6. The van der Waals surface area contributed by atoms with Crippen LogP contribution in [0.3, 0.4) is 0 Å². The minimum Gasteiger partial charge on any atom is -0.489 e. The number of aromatic carboxylic acids is 1. The molecule has 0 saturated carbocycles. The number of hydrogen-bond acceptors (Lipinski definition) is 3. The Labute approximate surface area is 199 Å². The van der Waals surface area contributed by atoms with Gasteiger partial charge in [0, 0.05) is 18.0 Å². The summed E-state index contributed by atoms with van der Waals surface area (Å²) in [6, 6.07) is 30.2. The van der Waals surface area contributed by atoms with Crippen molar-refractivity contribution in [1.82, 2.24) is 5.32 Å². The van der Waals surface area contributed by atoms with Gasteiger partial charge in [0.2, 0.25) is 0 Å². The standard InChI is InChI=1S/C30H27NO3/c32-30(33)28-14-6-4-11-25(28)16-21(19-31-26-17-23-9-1-2-10-24(23)18-26)20-34-29-15-7-12-22-8-3-5-13-27(22)29/h1-16,26,31H,17-20H2,(H,32,33). The Kier molecular flexibility index (Phi) is 6.41. The molecule has 0 aliphatic heterocycles. The molecule has 0 spiro atoms. The van der Waals surface area contributed by atoms with E-state index in [1.807, 2.05) is 42.5 Å². The van der Waals surface area contributed by atoms with Crippen LogP contribution in [0.4, 0.5) is 0 Å². The van der Waals surface area contributed by atoms with E-state index in [0.29, 0.717) is 30.3 Å². The van der Waals surface area contributed by atoms with E-state index in [2.05, 4.69) is 47.8 Å². The molecule has 0 unspecified atom stereocenters. The van der Waals surface area contributed by atoms with Crippen molar-refractivity contribution in [3.8, 4) is 5.75 Å². The molecule has 4 heteroatoms. The molecule has 0 fully saturated rings. The molecule has 4 nitrogen and oxygen atoms in total. The molecule has 170 valence electrons. The smallest absolute Gasteiger partial charge is 0.336 e. The van der Waals surface area contributed by atoms with Crippen molar-refractivity contribution in [3.63, 3.8) is 0 Å². The molecular formula is C30H27NO3. The first kappa shape index (κ1) is 21.9. The molecule has 0 amide bonds. The fraction of sp³-hybridized carbons (Fsp3) is 0.167. The van der Waals surface area contributed by atoms with Gasteiger partial charge >= 0.3 is 5.97 Å². The van der Waals surface area contributed by atoms with Gasteiger partial charge in [0.15, 0.2) is 0 Å². The molecular weight excluding hydrogens is 422 g/mol. The minimum atomic E-state index is -0.930. The Bertz CT molecular complexity index is 1330. The lowest BCUT2D eigenvalue weighted by Crippen LogP contribution is -2.32. The number of hydrogen-bond donors (Lipinski definition) is 2. The number of benzene rings is 4. The predicted octanol–water partition coefficient (Wildman–Crippen LogP) is 5.76. The summed E-state index contributed by atoms with van der Waals surface area (Å²) < 4.78 is 6.28. The summed E-state index contributed by atoms with van der Waals surface area (Å²) in [5.74, 6) is -0.107. The first-order chi connectivity index (χ1) is 16.7. The Morgan fingerprint density at radius 3 is 2.35 bits per heavy atom. The number of fused-ring (bicyclic) bond motifs is 2. The fourth-order valence-electron chi connectivity index (χ4n) is 4.65. The van der Waals surface area contributed by atoms with Crippen LogP contribution in [0.15, 0.2) is 96.6 Å². The summed E-state index contributed by atoms with van der Waals surface area (Å²) in [4.78, 5) is 11.7. The van der Waals surface area contributed by atoms with Crippen molar-refractivity contribution in [2.45, 2.75) is 18.9 Å². The van der Waals surface area contributed by atoms with E-state index in [0.717, 1.165) is 34.9 Å². The molecule has 0 saturated heterocycles. The molecule has 0 heterocycles. The molecule has 0 radical (unpaired) electrons. The van der Waals surface area contributed by atoms with Crippen molar-refractivity contribution >= 4 is 22.8 Å². The molecule has 0 bridgehead atoms. The van der Waals surface area contributed by atoms with Crippen LogP contribution in [-0.2, 0) is 12.8 Å². The normalized spacial score (nSPS) is 13.7. The summed E-state index contributed by atoms with van der Waals surface area (Å²) in [7, 11) is 0. The number of carboxylic acids is 1. The van der Waals surface area contributed by atoms with E-state index in [1.54, 1.807) is 12.1 Å². The largest absolute Gasteiger partial charge is 0.489 e. The van der Waals surface area contributed by atoms with Gasteiger partial charge in [-0.3, -0.25) is 0 Å². The second-order valence-corrected chi connectivity index (χ2v) is 8.72. The van der Waals surface area contributed by atoms with Crippen LogP contribution in [0.1, 0.15) is 27.0 Å². The molecule has 2 N–H and O–H groups in total. The minimum absolute atomic E-state index is 0.290. The lowest BCUT2D eigenvalue weighted by atomic mass is 10.0. The Morgan fingerprint density at radius 2 is 1.56 bits per heavy atom. The number of carboxylic acid groups (broad SMARTS) is 1. The molecule has 0 atom stereocenters. The lowest BCUT2D eigenvalue weighted by Gasteiger charge is -2.16. The van der Waals surface area contributed by atoms with E-state index >= 15 is 0 Å². The lowest BCUT2D eigenvalue weighted by molar-refractivity contribution is 0.0696. The van der Waals surface area contributed by atoms with Crippen LogP contribution >= 0.6 is 0 Å². The zero-order valence-electron chi connectivity index (χ0n) is 18.9. The quantitative estimate of drug-likeness (QED) is 0.359. The third-order valence-electron chi connectivity index (χ3n) is 6.38. The van der Waals surface area contributed by atoms with E-state index in [-0.39, 0.29) is 0 Å². The van der Waals surface area contributed by atoms with E-state index in [9.17, 15) is 9.90 Å². The zero-order chi connectivity index (χ0) is 23.3. The molecule has 1 aliphatic rings. The molecule has 34 heavy (non-hydrogen) atoms. The van der Waals surface area contributed by atoms with E-state index in [1.165, 1.54) is 11.1 Å². The predicted molar refractivity (Wildman–Crippen MR) is 136 cm³/mol. The van der Waals surface area contributed by atoms with E-state index < -0.39 is 5.97 Å². The maximum Gasteiger partial charge on any atom is 0.336 e. The highest BCUT2D eigenvalue weighted by Gasteiger charge is 2.20. The highest BCUT2D eigenvalue weighted by molar-refractivity contribution is 5.92. The van der Waals surface area contributed by atoms with Crippen LogP contribution in [0.5, 0.6) is 5.75 Å². The number of nitrogens with one attached hydrogen (secondary N) is 1. The molecule has 4 aromatic carbocycles. The Morgan fingerprint density at radius 1 is 0.882 bits per heavy atom. The number of carbonyl (C=O) groups is 1. The Balaban J connectivity index is 1.37. The number of ether oxygens (including phenoxy) is 1. The van der Waals surface area contributed by atoms with Crippen LogP contribution in [0, 0.1) is 0 Å². The van der Waals surface area contributed by atoms with Gasteiger partial charge in [-0.15, -0.1) is 0 Å². The van der Waals surface area contributed by atoms with Gasteiger partial charge in [0.1, 0.15) is 12.4 Å². The average Bonchev–Trinajstić information content (AvgIpc) is 3.29. The summed E-state index contributed by atoms with van der Waals surface area (Å²) in [6.45, 7) is 0.992. The topological polar surface area (TPSA) is 58.6 Å². The van der Waals surface area contributed by atoms with Crippen LogP contribution < -0.4 is 10.1 Å². The second kappa shape index (κ2) is 9.94. The van der Waals surface area contributed by atoms with Gasteiger partial charge in [-0.2, -0.15) is 0 Å². The molecule has 0 aromatic heterocycles. The maximum atomic E-state index is 11.7. The molecule has 4 aromatic rings. The summed E-state index contributed by atoms with van der Waals surface area (Å²) in [6.07, 6.45) is 3.95. The van der Waals surface area contributed by atoms with Crippen molar-refractivity contribution in [2.75, 3.05) is 13.2 Å². The van der Waals surface area contributed by atoms with Crippen molar-refractivity contribution in [1.29, 1.82) is 0 Å². The van der Waals surface area contributed by atoms with Gasteiger partial charge < -0.3 is 15.2 Å². The SMILES string of the molecule is O=C(O)c1ccccc1C=C(CNC1Cc2ccccc2C1)COc1cccc2ccccc12. The van der Waals surface area contributed by atoms with Gasteiger partial charge in [-0.05, 0) is 52.6 Å². The van der Waals surface area contributed by atoms with Crippen LogP contribution in [-0.4, -0.2) is 30.3 Å². The zero-order valence-corrected chi connectivity index (χ0v) is 18.9. The van der Waals surface area contributed by atoms with Gasteiger partial charge in [-0.1, -0.05) is 84.9 Å². The monoisotopic (exact) mass is 449 g/mol. The highest BCUT2D eigenvalue weighted by Crippen LogP contribution is 2.26. The van der Waals surface area contributed by atoms with Crippen molar-refractivity contribution in [3.05, 3.63) is 119 Å². The average molecular weight is 450 g/mol. The third kappa shape index (κ3) is 4.87. The summed E-state index contributed by atoms with van der Waals surface area (Å²) in [5.41, 5.74) is 4.77. The number of rotatable bonds is 8. The molecule has 5 rings (SSSR count).